The van der Waals surface area contributed by atoms with Gasteiger partial charge < -0.3 is 9.42 Å². The van der Waals surface area contributed by atoms with Crippen LogP contribution in [0.15, 0.2) is 64.8 Å². The van der Waals surface area contributed by atoms with Crippen molar-refractivity contribution in [3.05, 3.63) is 71.8 Å². The molecule has 28 heavy (non-hydrogen) atoms. The Labute approximate surface area is 164 Å². The van der Waals surface area contributed by atoms with Crippen molar-refractivity contribution in [3.8, 4) is 22.0 Å². The van der Waals surface area contributed by atoms with E-state index in [1.54, 1.807) is 17.3 Å². The molecule has 5 rings (SSSR count). The van der Waals surface area contributed by atoms with Crippen molar-refractivity contribution in [2.75, 3.05) is 13.1 Å². The smallest absolute Gasteiger partial charge is 0.273 e. The molecular formula is C20H15N5O2S. The van der Waals surface area contributed by atoms with Crippen molar-refractivity contribution in [2.24, 2.45) is 0 Å². The van der Waals surface area contributed by atoms with E-state index in [9.17, 15) is 4.79 Å². The molecule has 4 aromatic rings. The number of aromatic nitrogens is 4. The number of amides is 1. The van der Waals surface area contributed by atoms with Crippen LogP contribution in [-0.2, 0) is 0 Å². The Kier molecular flexibility index (Phi) is 4.17. The summed E-state index contributed by atoms with van der Waals surface area (Å²) in [6.45, 7) is 1.09. The van der Waals surface area contributed by atoms with Crippen LogP contribution in [0.3, 0.4) is 0 Å². The van der Waals surface area contributed by atoms with Crippen LogP contribution in [0.4, 0.5) is 0 Å². The highest BCUT2D eigenvalue weighted by atomic mass is 32.1. The van der Waals surface area contributed by atoms with Gasteiger partial charge in [-0.1, -0.05) is 35.5 Å². The second kappa shape index (κ2) is 6.97. The largest absolute Gasteiger partial charge is 0.339 e. The number of hydrogen-bond donors (Lipinski definition) is 0. The zero-order valence-corrected chi connectivity index (χ0v) is 15.5. The van der Waals surface area contributed by atoms with Gasteiger partial charge in [-0.25, -0.2) is 4.98 Å². The van der Waals surface area contributed by atoms with Crippen LogP contribution in [-0.4, -0.2) is 44.0 Å². The Balaban J connectivity index is 1.24. The maximum Gasteiger partial charge on any atom is 0.273 e. The summed E-state index contributed by atoms with van der Waals surface area (Å²) >= 11 is 1.48. The van der Waals surface area contributed by atoms with Gasteiger partial charge in [0.15, 0.2) is 0 Å². The Morgan fingerprint density at radius 3 is 2.68 bits per heavy atom. The fourth-order valence-corrected chi connectivity index (χ4v) is 3.86. The molecule has 1 aromatic carbocycles. The van der Waals surface area contributed by atoms with Crippen LogP contribution < -0.4 is 0 Å². The average Bonchev–Trinajstić information content (AvgIpc) is 3.38. The third-order valence-corrected chi connectivity index (χ3v) is 5.51. The van der Waals surface area contributed by atoms with Crippen LogP contribution >= 0.6 is 11.3 Å². The number of likely N-dealkylation sites (tertiary alicyclic amines) is 1. The van der Waals surface area contributed by atoms with Gasteiger partial charge in [0.1, 0.15) is 10.7 Å². The Bertz CT molecular complexity index is 1100. The summed E-state index contributed by atoms with van der Waals surface area (Å²) in [5.41, 5.74) is 2.30. The minimum atomic E-state index is -0.0679. The lowest BCUT2D eigenvalue weighted by molar-refractivity contribution is 0.0564. The normalized spacial score (nSPS) is 14.1. The fourth-order valence-electron chi connectivity index (χ4n) is 3.06. The first-order valence-electron chi connectivity index (χ1n) is 8.82. The van der Waals surface area contributed by atoms with E-state index in [4.69, 9.17) is 4.52 Å². The second-order valence-electron chi connectivity index (χ2n) is 6.51. The Hall–Kier alpha value is -3.39. The quantitative estimate of drug-likeness (QED) is 0.531. The number of rotatable bonds is 4. The van der Waals surface area contributed by atoms with Crippen molar-refractivity contribution < 1.29 is 9.32 Å². The highest BCUT2D eigenvalue weighted by molar-refractivity contribution is 7.13. The molecule has 0 atom stereocenters. The number of pyridine rings is 1. The summed E-state index contributed by atoms with van der Waals surface area (Å²) in [6, 6.07) is 13.6. The summed E-state index contributed by atoms with van der Waals surface area (Å²) in [5, 5.41) is 6.67. The van der Waals surface area contributed by atoms with Gasteiger partial charge in [-0.3, -0.25) is 9.78 Å². The van der Waals surface area contributed by atoms with Crippen molar-refractivity contribution in [1.29, 1.82) is 0 Å². The summed E-state index contributed by atoms with van der Waals surface area (Å²) in [6.07, 6.45) is 3.39. The van der Waals surface area contributed by atoms with Gasteiger partial charge in [0.25, 0.3) is 5.91 Å². The highest BCUT2D eigenvalue weighted by Gasteiger charge is 2.36. The van der Waals surface area contributed by atoms with Gasteiger partial charge in [-0.05, 0) is 12.1 Å². The van der Waals surface area contributed by atoms with E-state index < -0.39 is 0 Å². The molecule has 4 heterocycles. The van der Waals surface area contributed by atoms with Gasteiger partial charge in [0, 0.05) is 42.0 Å². The molecule has 1 aliphatic heterocycles. The third kappa shape index (κ3) is 3.07. The number of nitrogens with zero attached hydrogens (tertiary/aromatic N) is 5. The van der Waals surface area contributed by atoms with Crippen LogP contribution in [0.25, 0.3) is 22.0 Å². The van der Waals surface area contributed by atoms with Crippen LogP contribution in [0.2, 0.25) is 0 Å². The molecule has 7 nitrogen and oxygen atoms in total. The topological polar surface area (TPSA) is 85.0 Å². The zero-order valence-electron chi connectivity index (χ0n) is 14.7. The summed E-state index contributed by atoms with van der Waals surface area (Å²) < 4.78 is 5.38. The summed E-state index contributed by atoms with van der Waals surface area (Å²) in [4.78, 5) is 27.4. The minimum Gasteiger partial charge on any atom is -0.339 e. The standard InChI is InChI=1S/C20H15N5O2S/c26-20(16-12-28-19(22-16)13-5-2-1-3-6-13)25-10-15(11-25)18-23-17(24-27-18)14-7-4-8-21-9-14/h1-9,12,15H,10-11H2. The molecule has 1 saturated heterocycles. The molecule has 1 aliphatic rings. The second-order valence-corrected chi connectivity index (χ2v) is 7.37. The average molecular weight is 389 g/mol. The van der Waals surface area contributed by atoms with Crippen LogP contribution in [0, 0.1) is 0 Å². The number of hydrogen-bond acceptors (Lipinski definition) is 7. The molecule has 0 N–H and O–H groups in total. The van der Waals surface area contributed by atoms with E-state index in [2.05, 4.69) is 20.1 Å². The van der Waals surface area contributed by atoms with Crippen LogP contribution in [0.5, 0.6) is 0 Å². The Morgan fingerprint density at radius 2 is 1.89 bits per heavy atom. The first-order valence-corrected chi connectivity index (χ1v) is 9.70. The predicted molar refractivity (Wildman–Crippen MR) is 104 cm³/mol. The summed E-state index contributed by atoms with van der Waals surface area (Å²) in [5.74, 6) is 1.04. The van der Waals surface area contributed by atoms with Gasteiger partial charge in [-0.2, -0.15) is 4.98 Å². The van der Waals surface area contributed by atoms with E-state index in [0.717, 1.165) is 16.1 Å². The SMILES string of the molecule is O=C(c1csc(-c2ccccc2)n1)N1CC(c2nc(-c3cccnc3)no2)C1. The highest BCUT2D eigenvalue weighted by Crippen LogP contribution is 2.30. The predicted octanol–water partition coefficient (Wildman–Crippen LogP) is 3.49. The fraction of sp³-hybridized carbons (Fsp3) is 0.150. The lowest BCUT2D eigenvalue weighted by Crippen LogP contribution is -2.48. The monoisotopic (exact) mass is 389 g/mol. The lowest BCUT2D eigenvalue weighted by Gasteiger charge is -2.36. The van der Waals surface area contributed by atoms with Crippen molar-refractivity contribution >= 4 is 17.2 Å². The zero-order chi connectivity index (χ0) is 18.9. The number of carbonyl (C=O) groups excluding carboxylic acids is 1. The van der Waals surface area contributed by atoms with E-state index in [-0.39, 0.29) is 11.8 Å². The molecule has 0 aliphatic carbocycles. The van der Waals surface area contributed by atoms with Crippen molar-refractivity contribution in [1.82, 2.24) is 25.0 Å². The van der Waals surface area contributed by atoms with E-state index in [0.29, 0.717) is 30.5 Å². The molecule has 1 fully saturated rings. The molecule has 1 amide bonds. The molecule has 0 radical (unpaired) electrons. The van der Waals surface area contributed by atoms with E-state index in [1.807, 2.05) is 47.8 Å². The first kappa shape index (κ1) is 16.8. The molecule has 0 saturated carbocycles. The molecule has 138 valence electrons. The first-order chi connectivity index (χ1) is 13.8. The number of carbonyl (C=O) groups is 1. The van der Waals surface area contributed by atoms with Gasteiger partial charge in [0.2, 0.25) is 11.7 Å². The van der Waals surface area contributed by atoms with Crippen molar-refractivity contribution in [2.45, 2.75) is 5.92 Å². The van der Waals surface area contributed by atoms with E-state index in [1.165, 1.54) is 11.3 Å². The van der Waals surface area contributed by atoms with Crippen LogP contribution in [0.1, 0.15) is 22.3 Å². The molecule has 0 unspecified atom stereocenters. The van der Waals surface area contributed by atoms with Gasteiger partial charge in [-0.15, -0.1) is 11.3 Å². The molecule has 8 heteroatoms. The molecule has 0 spiro atoms. The van der Waals surface area contributed by atoms with E-state index >= 15 is 0 Å². The van der Waals surface area contributed by atoms with Gasteiger partial charge in [0.05, 0.1) is 5.92 Å². The number of thiazole rings is 1. The number of benzene rings is 1. The maximum atomic E-state index is 12.7. The molecule has 3 aromatic heterocycles. The maximum absolute atomic E-state index is 12.7. The lowest BCUT2D eigenvalue weighted by atomic mass is 10.00. The van der Waals surface area contributed by atoms with Crippen molar-refractivity contribution in [3.63, 3.8) is 0 Å². The summed E-state index contributed by atoms with van der Waals surface area (Å²) in [7, 11) is 0. The molecule has 0 bridgehead atoms. The molecular weight excluding hydrogens is 374 g/mol. The Morgan fingerprint density at radius 1 is 1.07 bits per heavy atom. The minimum absolute atomic E-state index is 0.0501. The third-order valence-electron chi connectivity index (χ3n) is 4.62. The van der Waals surface area contributed by atoms with Gasteiger partial charge >= 0.3 is 0 Å².